The van der Waals surface area contributed by atoms with Gasteiger partial charge in [-0.25, -0.2) is 4.79 Å². The van der Waals surface area contributed by atoms with Gasteiger partial charge in [0.2, 0.25) is 0 Å². The van der Waals surface area contributed by atoms with Gasteiger partial charge in [0.25, 0.3) is 0 Å². The summed E-state index contributed by atoms with van der Waals surface area (Å²) in [5.41, 5.74) is 5.07. The fourth-order valence-corrected chi connectivity index (χ4v) is 2.58. The van der Waals surface area contributed by atoms with Crippen molar-refractivity contribution in [2.75, 3.05) is 0 Å². The fourth-order valence-electron chi connectivity index (χ4n) is 2.58. The predicted octanol–water partition coefficient (Wildman–Crippen LogP) is 5.71. The Bertz CT molecular complexity index is 1060. The number of esters is 1. The molecule has 0 unspecified atom stereocenters. The zero-order valence-corrected chi connectivity index (χ0v) is 20.0. The molecule has 4 nitrogen and oxygen atoms in total. The molecule has 2 aromatic carbocycles. The Hall–Kier alpha value is -3.40. The Kier molecular flexibility index (Phi) is 10.2. The van der Waals surface area contributed by atoms with Crippen LogP contribution in [0.25, 0.3) is 22.5 Å². The van der Waals surface area contributed by atoms with Crippen molar-refractivity contribution in [3.05, 3.63) is 121 Å². The molecule has 5 heteroatoms. The van der Waals surface area contributed by atoms with Crippen LogP contribution in [0.2, 0.25) is 0 Å². The summed E-state index contributed by atoms with van der Waals surface area (Å²) in [6.45, 7) is 5.38. The second-order valence-corrected chi connectivity index (χ2v) is 6.67. The molecule has 0 aliphatic rings. The van der Waals surface area contributed by atoms with Crippen LogP contribution in [0.15, 0.2) is 103 Å². The van der Waals surface area contributed by atoms with Crippen molar-refractivity contribution in [3.8, 4) is 22.5 Å². The van der Waals surface area contributed by atoms with Gasteiger partial charge in [0.15, 0.2) is 0 Å². The third-order valence-corrected chi connectivity index (χ3v) is 4.19. The van der Waals surface area contributed by atoms with Crippen molar-refractivity contribution >= 4 is 5.97 Å². The van der Waals surface area contributed by atoms with Crippen molar-refractivity contribution in [1.82, 2.24) is 9.97 Å². The minimum Gasteiger partial charge on any atom is -0.467 e. The van der Waals surface area contributed by atoms with Gasteiger partial charge in [-0.2, -0.15) is 0 Å². The molecule has 0 saturated carbocycles. The minimum absolute atomic E-state index is 0. The summed E-state index contributed by atoms with van der Waals surface area (Å²) in [5, 5.41) is 0. The van der Waals surface area contributed by atoms with Crippen LogP contribution in [-0.2, 0) is 36.2 Å². The van der Waals surface area contributed by atoms with Crippen LogP contribution in [0.1, 0.15) is 12.5 Å². The number of hydrogen-bond donors (Lipinski definition) is 0. The molecule has 1 radical (unpaired) electrons. The Balaban J connectivity index is 0.000000241. The van der Waals surface area contributed by atoms with Crippen molar-refractivity contribution < 1.29 is 29.6 Å². The zero-order valence-electron chi connectivity index (χ0n) is 17.6. The number of ether oxygens (including phenoxy) is 1. The van der Waals surface area contributed by atoms with Gasteiger partial charge in [-0.15, -0.1) is 65.7 Å². The van der Waals surface area contributed by atoms with E-state index in [0.29, 0.717) is 5.57 Å². The van der Waals surface area contributed by atoms with Gasteiger partial charge < -0.3 is 14.7 Å². The Morgan fingerprint density at radius 3 is 1.97 bits per heavy atom. The van der Waals surface area contributed by atoms with Crippen LogP contribution in [0.5, 0.6) is 0 Å². The molecule has 0 bridgehead atoms. The van der Waals surface area contributed by atoms with Crippen molar-refractivity contribution in [2.45, 2.75) is 13.5 Å². The van der Waals surface area contributed by atoms with Crippen LogP contribution in [0, 0.1) is 12.1 Å². The van der Waals surface area contributed by atoms with Crippen LogP contribution in [-0.4, -0.2) is 15.9 Å². The maximum Gasteiger partial charge on any atom is 0.332 e. The first-order valence-corrected chi connectivity index (χ1v) is 9.76. The van der Waals surface area contributed by atoms with Gasteiger partial charge in [0, 0.05) is 38.1 Å². The third kappa shape index (κ3) is 7.69. The Labute approximate surface area is 202 Å². The number of rotatable bonds is 5. The summed E-state index contributed by atoms with van der Waals surface area (Å²) in [6.07, 6.45) is 3.53. The molecule has 0 aliphatic heterocycles. The summed E-state index contributed by atoms with van der Waals surface area (Å²) in [6, 6.07) is 31.3. The molecule has 0 fully saturated rings. The van der Waals surface area contributed by atoms with E-state index in [1.807, 2.05) is 72.8 Å². The van der Waals surface area contributed by atoms with Gasteiger partial charge in [-0.05, 0) is 30.4 Å². The first kappa shape index (κ1) is 24.9. The summed E-state index contributed by atoms with van der Waals surface area (Å²) in [7, 11) is 0. The smallest absolute Gasteiger partial charge is 0.332 e. The maximum atomic E-state index is 11.3. The van der Waals surface area contributed by atoms with Gasteiger partial charge in [-0.1, -0.05) is 36.4 Å². The third-order valence-electron chi connectivity index (χ3n) is 4.19. The zero-order chi connectivity index (χ0) is 21.9. The number of benzene rings is 2. The molecule has 0 amide bonds. The fraction of sp³-hybridized carbons (Fsp3) is 0.0741. The molecule has 4 rings (SSSR count). The second-order valence-electron chi connectivity index (χ2n) is 6.67. The van der Waals surface area contributed by atoms with E-state index in [4.69, 9.17) is 4.74 Å². The van der Waals surface area contributed by atoms with Crippen LogP contribution in [0.4, 0.5) is 0 Å². The largest absolute Gasteiger partial charge is 0.467 e. The number of hydrogen-bond acceptors (Lipinski definition) is 4. The quantitative estimate of drug-likeness (QED) is 0.168. The molecule has 0 aliphatic carbocycles. The molecule has 2 aromatic heterocycles. The van der Waals surface area contributed by atoms with Crippen molar-refractivity contribution in [3.63, 3.8) is 0 Å². The SMILES string of the molecule is C=C(C)C(=O)OCc1c[c-]c(-c2ccccn2)cc1.[Ir].[c-]1ccccc1-c1ccccn1. The molecule has 163 valence electrons. The number of aromatic nitrogens is 2. The van der Waals surface area contributed by atoms with Crippen LogP contribution >= 0.6 is 0 Å². The standard InChI is InChI=1S/C16H14NO2.C11H8N.Ir/c1-12(2)16(18)19-11-13-6-8-14(9-7-13)15-5-3-4-10-17-15;1-2-6-10(7-3-1)11-8-4-5-9-12-11;/h3-8,10H,1,11H2,2H3;1-6,8-9H;/q2*-1;. The average Bonchev–Trinajstić information content (AvgIpc) is 2.85. The summed E-state index contributed by atoms with van der Waals surface area (Å²) in [4.78, 5) is 19.7. The van der Waals surface area contributed by atoms with E-state index in [9.17, 15) is 4.79 Å². The first-order chi connectivity index (χ1) is 15.1. The molecule has 0 N–H and O–H groups in total. The first-order valence-electron chi connectivity index (χ1n) is 9.76. The molecule has 0 saturated heterocycles. The number of nitrogens with zero attached hydrogens (tertiary/aromatic N) is 2. The molecular formula is C27H22IrN2O2-2. The second kappa shape index (κ2) is 13.1. The van der Waals surface area contributed by atoms with Gasteiger partial charge >= 0.3 is 5.97 Å². The normalized spacial score (nSPS) is 9.53. The maximum absolute atomic E-state index is 11.3. The van der Waals surface area contributed by atoms with Crippen LogP contribution < -0.4 is 0 Å². The van der Waals surface area contributed by atoms with E-state index in [1.54, 1.807) is 25.4 Å². The monoisotopic (exact) mass is 599 g/mol. The molecule has 32 heavy (non-hydrogen) atoms. The summed E-state index contributed by atoms with van der Waals surface area (Å²) < 4.78 is 5.06. The molecule has 4 aromatic rings. The predicted molar refractivity (Wildman–Crippen MR) is 122 cm³/mol. The topological polar surface area (TPSA) is 52.1 Å². The Morgan fingerprint density at radius 2 is 1.50 bits per heavy atom. The van der Waals surface area contributed by atoms with E-state index in [2.05, 4.69) is 28.7 Å². The van der Waals surface area contributed by atoms with E-state index in [-0.39, 0.29) is 32.7 Å². The van der Waals surface area contributed by atoms with Crippen LogP contribution in [0.3, 0.4) is 0 Å². The molecule has 0 atom stereocenters. The number of carbonyl (C=O) groups is 1. The minimum atomic E-state index is -0.381. The van der Waals surface area contributed by atoms with Crippen molar-refractivity contribution in [2.24, 2.45) is 0 Å². The summed E-state index contributed by atoms with van der Waals surface area (Å²) in [5.74, 6) is -0.381. The van der Waals surface area contributed by atoms with Crippen molar-refractivity contribution in [1.29, 1.82) is 0 Å². The molecule has 2 heterocycles. The van der Waals surface area contributed by atoms with Gasteiger partial charge in [-0.3, -0.25) is 0 Å². The number of carbonyl (C=O) groups excluding carboxylic acids is 1. The summed E-state index contributed by atoms with van der Waals surface area (Å²) >= 11 is 0. The van der Waals surface area contributed by atoms with Gasteiger partial charge in [0.05, 0.1) is 6.61 Å². The Morgan fingerprint density at radius 1 is 0.875 bits per heavy atom. The number of pyridine rings is 2. The molecular weight excluding hydrogens is 577 g/mol. The van der Waals surface area contributed by atoms with E-state index in [1.165, 1.54) is 0 Å². The van der Waals surface area contributed by atoms with Gasteiger partial charge in [0.1, 0.15) is 0 Å². The van der Waals surface area contributed by atoms with E-state index in [0.717, 1.165) is 28.1 Å². The van der Waals surface area contributed by atoms with E-state index < -0.39 is 0 Å². The average molecular weight is 599 g/mol. The molecule has 0 spiro atoms. The van der Waals surface area contributed by atoms with E-state index >= 15 is 0 Å².